The number of fused-ring (bicyclic) bond motifs is 3. The predicted octanol–water partition coefficient (Wildman–Crippen LogP) is 6.45. The van der Waals surface area contributed by atoms with Gasteiger partial charge in [0.05, 0.1) is 0 Å². The van der Waals surface area contributed by atoms with Crippen molar-refractivity contribution in [3.8, 4) is 22.3 Å². The molecular formula is C42H42Cl2SiZr-2. The maximum atomic E-state index is 2.35. The van der Waals surface area contributed by atoms with Crippen LogP contribution in [0.15, 0.2) is 121 Å². The van der Waals surface area contributed by atoms with Crippen molar-refractivity contribution in [3.63, 3.8) is 0 Å². The van der Waals surface area contributed by atoms with Crippen molar-refractivity contribution in [3.05, 3.63) is 144 Å². The maximum absolute atomic E-state index is 2.35. The van der Waals surface area contributed by atoms with Crippen molar-refractivity contribution in [2.24, 2.45) is 0 Å². The molecule has 0 aliphatic heterocycles. The molecule has 7 rings (SSSR count). The zero-order chi connectivity index (χ0) is 31.4. The van der Waals surface area contributed by atoms with E-state index < -0.39 is 0 Å². The van der Waals surface area contributed by atoms with Crippen molar-refractivity contribution >= 4 is 37.8 Å². The summed E-state index contributed by atoms with van der Waals surface area (Å²) in [5.74, 6) is 0.581. The van der Waals surface area contributed by atoms with Gasteiger partial charge < -0.3 is 24.8 Å². The smallest absolute Gasteiger partial charge is 0.0114 e. The summed E-state index contributed by atoms with van der Waals surface area (Å²) >= 11 is 1.74. The predicted molar refractivity (Wildman–Crippen MR) is 193 cm³/mol. The first-order valence-electron chi connectivity index (χ1n) is 15.6. The summed E-state index contributed by atoms with van der Waals surface area (Å²) in [7, 11) is 0. The van der Waals surface area contributed by atoms with E-state index in [1.54, 1.807) is 23.3 Å². The number of benzene rings is 5. The molecule has 0 radical (unpaired) electrons. The van der Waals surface area contributed by atoms with Crippen LogP contribution in [-0.4, -0.2) is 5.43 Å². The van der Waals surface area contributed by atoms with Crippen LogP contribution in [0.25, 0.3) is 54.6 Å². The van der Waals surface area contributed by atoms with Crippen LogP contribution in [-0.2, 0) is 23.3 Å². The van der Waals surface area contributed by atoms with Crippen LogP contribution in [0.4, 0.5) is 0 Å². The quantitative estimate of drug-likeness (QED) is 0.145. The van der Waals surface area contributed by atoms with Gasteiger partial charge in [-0.25, -0.2) is 0 Å². The fourth-order valence-corrected chi connectivity index (χ4v) is 5.99. The molecule has 0 atom stereocenters. The minimum atomic E-state index is 0. The van der Waals surface area contributed by atoms with E-state index in [1.807, 2.05) is 0 Å². The van der Waals surface area contributed by atoms with Gasteiger partial charge in [0, 0.05) is 0 Å². The van der Waals surface area contributed by atoms with E-state index in [2.05, 4.69) is 169 Å². The van der Waals surface area contributed by atoms with Crippen LogP contribution < -0.4 is 24.8 Å². The summed E-state index contributed by atoms with van der Waals surface area (Å²) < 4.78 is 0. The van der Waals surface area contributed by atoms with E-state index >= 15 is 0 Å². The largest absolute Gasteiger partial charge is 1.00 e. The first kappa shape index (κ1) is 37.7. The Kier molecular flexibility index (Phi) is 13.9. The molecule has 0 aliphatic carbocycles. The van der Waals surface area contributed by atoms with Crippen molar-refractivity contribution in [1.82, 2.24) is 0 Å². The van der Waals surface area contributed by atoms with Crippen molar-refractivity contribution in [2.45, 2.75) is 53.6 Å². The first-order valence-corrected chi connectivity index (χ1v) is 21.7. The minimum Gasteiger partial charge on any atom is -1.00 e. The van der Waals surface area contributed by atoms with E-state index in [4.69, 9.17) is 0 Å². The summed E-state index contributed by atoms with van der Waals surface area (Å²) in [6.07, 6.45) is 0. The Morgan fingerprint density at radius 2 is 1.13 bits per heavy atom. The fraction of sp³-hybridized carbons (Fsp3) is 0.190. The van der Waals surface area contributed by atoms with Crippen molar-refractivity contribution < 1.29 is 48.1 Å². The fourth-order valence-electron chi connectivity index (χ4n) is 5.99. The third-order valence-electron chi connectivity index (χ3n) is 8.20. The molecule has 0 amide bonds. The molecule has 0 unspecified atom stereocenters. The molecule has 46 heavy (non-hydrogen) atoms. The summed E-state index contributed by atoms with van der Waals surface area (Å²) in [5, 5.41) is 8.09. The summed E-state index contributed by atoms with van der Waals surface area (Å²) in [4.78, 5) is 0. The van der Waals surface area contributed by atoms with Gasteiger partial charge in [-0.2, -0.15) is 12.1 Å². The van der Waals surface area contributed by atoms with Crippen LogP contribution in [0.5, 0.6) is 0 Å². The first-order chi connectivity index (χ1) is 21.1. The second-order valence-corrected chi connectivity index (χ2v) is 21.8. The van der Waals surface area contributed by atoms with Gasteiger partial charge in [0.1, 0.15) is 0 Å². The Morgan fingerprint density at radius 3 is 1.83 bits per heavy atom. The molecule has 0 N–H and O–H groups in total. The zero-order valence-corrected chi connectivity index (χ0v) is 32.9. The van der Waals surface area contributed by atoms with Crippen LogP contribution in [0.1, 0.15) is 42.0 Å². The van der Waals surface area contributed by atoms with Crippen molar-refractivity contribution in [2.75, 3.05) is 0 Å². The Balaban J connectivity index is 0.000000217. The second kappa shape index (κ2) is 16.9. The van der Waals surface area contributed by atoms with Crippen LogP contribution in [0.2, 0.25) is 13.1 Å². The molecule has 0 nitrogen and oxygen atoms in total. The van der Waals surface area contributed by atoms with Gasteiger partial charge in [-0.1, -0.05) is 118 Å². The Hall–Kier alpha value is -2.74. The van der Waals surface area contributed by atoms with Gasteiger partial charge in [0.2, 0.25) is 0 Å². The van der Waals surface area contributed by atoms with E-state index in [0.717, 1.165) is 0 Å². The molecule has 4 heteroatoms. The second-order valence-electron chi connectivity index (χ2n) is 12.4. The summed E-state index contributed by atoms with van der Waals surface area (Å²) in [5.41, 5.74) is 11.0. The van der Waals surface area contributed by atoms with Crippen molar-refractivity contribution in [1.29, 1.82) is 0 Å². The molecule has 0 heterocycles. The number of rotatable bonds is 3. The standard InChI is InChI=1S/C21H17.C19H19.C2H6Si.2ClH.Zr/c1-14-12-20-15(2)10-11-19(21(20)13-14)18-9-5-7-16-6-3-4-8-17(16)18;1-13(2)16-11-15-8-6-10-18(19(15)12-16)17-9-5-4-7-14(17)3;1-3-2;;;/h3-13H,1-2H3;4-13H,1-3H3;1-2H3;2*1H;/q2*-1;;;;+2/p-2. The van der Waals surface area contributed by atoms with E-state index in [0.29, 0.717) is 5.92 Å². The van der Waals surface area contributed by atoms with Crippen LogP contribution in [0, 0.1) is 20.8 Å². The normalized spacial score (nSPS) is 10.5. The molecule has 234 valence electrons. The van der Waals surface area contributed by atoms with Crippen LogP contribution in [0.3, 0.4) is 0 Å². The van der Waals surface area contributed by atoms with E-state index in [1.165, 1.54) is 76.8 Å². The van der Waals surface area contributed by atoms with Gasteiger partial charge in [0.15, 0.2) is 0 Å². The molecule has 7 aromatic rings. The summed E-state index contributed by atoms with van der Waals surface area (Å²) in [6.45, 7) is 15.7. The zero-order valence-electron chi connectivity index (χ0n) is 27.9. The maximum Gasteiger partial charge on any atom is -0.0114 e. The molecule has 0 spiro atoms. The van der Waals surface area contributed by atoms with Gasteiger partial charge in [-0.05, 0) is 40.3 Å². The molecular weight excluding hydrogens is 695 g/mol. The van der Waals surface area contributed by atoms with E-state index in [-0.39, 0.29) is 30.2 Å². The number of hydrogen-bond acceptors (Lipinski definition) is 0. The number of hydrogen-bond donors (Lipinski definition) is 0. The Bertz CT molecular complexity index is 2070. The number of aryl methyl sites for hydroxylation is 3. The molecule has 7 aromatic carbocycles. The minimum absolute atomic E-state index is 0. The number of halogens is 2. The third-order valence-corrected chi connectivity index (χ3v) is 8.20. The monoisotopic (exact) mass is 734 g/mol. The topological polar surface area (TPSA) is 0 Å². The molecule has 0 aliphatic rings. The average molecular weight is 737 g/mol. The Morgan fingerprint density at radius 1 is 0.565 bits per heavy atom. The molecule has 0 saturated heterocycles. The molecule has 0 bridgehead atoms. The van der Waals surface area contributed by atoms with Gasteiger partial charge in [-0.3, -0.25) is 0 Å². The average Bonchev–Trinajstić information content (AvgIpc) is 3.62. The van der Waals surface area contributed by atoms with Crippen LogP contribution >= 0.6 is 0 Å². The van der Waals surface area contributed by atoms with Gasteiger partial charge >= 0.3 is 41.9 Å². The van der Waals surface area contributed by atoms with E-state index in [9.17, 15) is 0 Å². The summed E-state index contributed by atoms with van der Waals surface area (Å²) in [6, 6.07) is 44.2. The SMILES string of the molecule is C[Si](C)=[Zr+2].Cc1cc2c(-c3cccc4ccccc34)ccc(C)c2[cH-]1.Cc1ccccc1-c1cccc2[cH-]c(C(C)C)cc12.[Cl-].[Cl-]. The molecule has 0 fully saturated rings. The van der Waals surface area contributed by atoms with Gasteiger partial charge in [0.25, 0.3) is 0 Å². The molecule has 0 aromatic heterocycles. The van der Waals surface area contributed by atoms with Gasteiger partial charge in [-0.15, -0.1) is 68.6 Å². The Labute approximate surface area is 303 Å². The third kappa shape index (κ3) is 8.59. The molecule has 0 saturated carbocycles.